The highest BCUT2D eigenvalue weighted by molar-refractivity contribution is 5.98. The van der Waals surface area contributed by atoms with Crippen LogP contribution in [0.25, 0.3) is 0 Å². The molecule has 0 aromatic heterocycles. The fourth-order valence-corrected chi connectivity index (χ4v) is 2.17. The Morgan fingerprint density at radius 2 is 1.32 bits per heavy atom. The first-order valence-electron chi connectivity index (χ1n) is 7.92. The molecule has 1 aromatic carbocycles. The molecule has 0 unspecified atom stereocenters. The molecule has 0 spiro atoms. The lowest BCUT2D eigenvalue weighted by molar-refractivity contribution is -0.385. The molecular formula is C16H21NO8. The Morgan fingerprint density at radius 1 is 0.880 bits per heavy atom. The first-order valence-corrected chi connectivity index (χ1v) is 7.92. The van der Waals surface area contributed by atoms with Gasteiger partial charge in [-0.3, -0.25) is 14.9 Å². The molecular weight excluding hydrogens is 334 g/mol. The zero-order valence-corrected chi connectivity index (χ0v) is 14.0. The van der Waals surface area contributed by atoms with Crippen molar-refractivity contribution in [2.75, 3.05) is 52.9 Å². The predicted octanol–water partition coefficient (Wildman–Crippen LogP) is 1.62. The number of hydrogen-bond acceptors (Lipinski definition) is 8. The van der Waals surface area contributed by atoms with E-state index in [1.165, 1.54) is 19.1 Å². The lowest BCUT2D eigenvalue weighted by Crippen LogP contribution is -2.13. The summed E-state index contributed by atoms with van der Waals surface area (Å²) in [7, 11) is 0. The van der Waals surface area contributed by atoms with Crippen LogP contribution in [-0.4, -0.2) is 63.6 Å². The number of carbonyl (C=O) groups is 1. The Bertz CT molecular complexity index is 553. The molecule has 1 heterocycles. The summed E-state index contributed by atoms with van der Waals surface area (Å²) in [5.41, 5.74) is -0.353. The van der Waals surface area contributed by atoms with Crippen molar-refractivity contribution in [3.63, 3.8) is 0 Å². The number of ketones is 1. The smallest absolute Gasteiger partial charge is 0.284 e. The number of carbonyl (C=O) groups excluding carboxylic acids is 1. The van der Waals surface area contributed by atoms with Crippen LogP contribution >= 0.6 is 0 Å². The van der Waals surface area contributed by atoms with Gasteiger partial charge in [-0.1, -0.05) is 0 Å². The SMILES string of the molecule is CC(=O)c1cc2c(cc1[N+](=O)[O-])OCCOCCOCCOCCO2. The van der Waals surface area contributed by atoms with Crippen molar-refractivity contribution in [2.45, 2.75) is 6.92 Å². The number of nitrogens with zero attached hydrogens (tertiary/aromatic N) is 1. The van der Waals surface area contributed by atoms with E-state index in [0.717, 1.165) is 0 Å². The molecule has 2 rings (SSSR count). The fourth-order valence-electron chi connectivity index (χ4n) is 2.17. The number of nitro benzene ring substituents is 1. The standard InChI is InChI=1S/C16H21NO8/c1-12(18)13-10-15-16(11-14(13)17(19)20)25-9-7-23-5-3-21-2-4-22-6-8-24-15/h10-11H,2-9H2,1H3. The second-order valence-corrected chi connectivity index (χ2v) is 5.16. The van der Waals surface area contributed by atoms with Crippen LogP contribution in [-0.2, 0) is 14.2 Å². The van der Waals surface area contributed by atoms with Gasteiger partial charge in [-0.25, -0.2) is 0 Å². The molecule has 0 fully saturated rings. The number of rotatable bonds is 2. The molecule has 1 aliphatic heterocycles. The highest BCUT2D eigenvalue weighted by Crippen LogP contribution is 2.35. The maximum atomic E-state index is 11.7. The third kappa shape index (κ3) is 5.96. The second-order valence-electron chi connectivity index (χ2n) is 5.16. The van der Waals surface area contributed by atoms with Crippen LogP contribution in [0.1, 0.15) is 17.3 Å². The Morgan fingerprint density at radius 3 is 1.76 bits per heavy atom. The zero-order valence-electron chi connectivity index (χ0n) is 14.0. The average Bonchev–Trinajstić information content (AvgIpc) is 2.59. The summed E-state index contributed by atoms with van der Waals surface area (Å²) in [5, 5.41) is 11.2. The van der Waals surface area contributed by atoms with Gasteiger partial charge >= 0.3 is 0 Å². The molecule has 0 saturated heterocycles. The van der Waals surface area contributed by atoms with Gasteiger partial charge in [0.1, 0.15) is 13.2 Å². The van der Waals surface area contributed by atoms with Crippen molar-refractivity contribution in [1.29, 1.82) is 0 Å². The summed E-state index contributed by atoms with van der Waals surface area (Å²) in [6.45, 7) is 4.00. The number of hydrogen-bond donors (Lipinski definition) is 0. The number of nitro groups is 1. The molecule has 0 aliphatic carbocycles. The monoisotopic (exact) mass is 355 g/mol. The van der Waals surface area contributed by atoms with Crippen LogP contribution in [0.5, 0.6) is 11.5 Å². The summed E-state index contributed by atoms with van der Waals surface area (Å²) in [4.78, 5) is 22.3. The third-order valence-electron chi connectivity index (χ3n) is 3.35. The van der Waals surface area contributed by atoms with Gasteiger partial charge < -0.3 is 23.7 Å². The van der Waals surface area contributed by atoms with Gasteiger partial charge in [0.05, 0.1) is 56.2 Å². The molecule has 0 bridgehead atoms. The summed E-state index contributed by atoms with van der Waals surface area (Å²) in [6.07, 6.45) is 0. The minimum absolute atomic E-state index is 0.0316. The Hall–Kier alpha value is -2.23. The van der Waals surface area contributed by atoms with Crippen molar-refractivity contribution >= 4 is 11.5 Å². The summed E-state index contributed by atoms with van der Waals surface area (Å²) < 4.78 is 27.1. The maximum Gasteiger partial charge on any atom is 0.284 e. The van der Waals surface area contributed by atoms with Crippen molar-refractivity contribution in [2.24, 2.45) is 0 Å². The molecule has 0 radical (unpaired) electrons. The second kappa shape index (κ2) is 9.92. The van der Waals surface area contributed by atoms with Gasteiger partial charge in [0.25, 0.3) is 5.69 Å². The lowest BCUT2D eigenvalue weighted by Gasteiger charge is -2.14. The molecule has 9 nitrogen and oxygen atoms in total. The largest absolute Gasteiger partial charge is 0.487 e. The molecule has 0 amide bonds. The highest BCUT2D eigenvalue weighted by atomic mass is 16.6. The van der Waals surface area contributed by atoms with Gasteiger partial charge in [0, 0.05) is 6.07 Å². The van der Waals surface area contributed by atoms with Gasteiger partial charge in [-0.15, -0.1) is 0 Å². The number of ether oxygens (including phenoxy) is 5. The van der Waals surface area contributed by atoms with Crippen LogP contribution in [0.3, 0.4) is 0 Å². The molecule has 0 N–H and O–H groups in total. The summed E-state index contributed by atoms with van der Waals surface area (Å²) in [6, 6.07) is 2.53. The topological polar surface area (TPSA) is 106 Å². The molecule has 0 saturated carbocycles. The minimum Gasteiger partial charge on any atom is -0.487 e. The van der Waals surface area contributed by atoms with Gasteiger partial charge in [-0.05, 0) is 6.92 Å². The van der Waals surface area contributed by atoms with Crippen molar-refractivity contribution in [3.05, 3.63) is 27.8 Å². The normalized spacial score (nSPS) is 17.2. The Kier molecular flexibility index (Phi) is 7.58. The molecule has 1 aliphatic rings. The van der Waals surface area contributed by atoms with Gasteiger partial charge in [0.15, 0.2) is 17.3 Å². The minimum atomic E-state index is -0.618. The first-order chi connectivity index (χ1) is 12.1. The first kappa shape index (κ1) is 19.1. The lowest BCUT2D eigenvalue weighted by atomic mass is 10.1. The van der Waals surface area contributed by atoms with Crippen LogP contribution in [0.4, 0.5) is 5.69 Å². The van der Waals surface area contributed by atoms with E-state index in [-0.39, 0.29) is 36.0 Å². The van der Waals surface area contributed by atoms with Crippen LogP contribution in [0, 0.1) is 10.1 Å². The predicted molar refractivity (Wildman–Crippen MR) is 86.5 cm³/mol. The van der Waals surface area contributed by atoms with Gasteiger partial charge in [-0.2, -0.15) is 0 Å². The van der Waals surface area contributed by atoms with Crippen LogP contribution in [0.2, 0.25) is 0 Å². The zero-order chi connectivity index (χ0) is 18.1. The average molecular weight is 355 g/mol. The van der Waals surface area contributed by atoms with Crippen molar-refractivity contribution in [1.82, 2.24) is 0 Å². The van der Waals surface area contributed by atoms with Crippen LogP contribution < -0.4 is 9.47 Å². The molecule has 0 atom stereocenters. The third-order valence-corrected chi connectivity index (χ3v) is 3.35. The molecule has 1 aromatic rings. The molecule has 9 heteroatoms. The van der Waals surface area contributed by atoms with E-state index in [2.05, 4.69) is 0 Å². The van der Waals surface area contributed by atoms with Gasteiger partial charge in [0.2, 0.25) is 0 Å². The van der Waals surface area contributed by atoms with Crippen LogP contribution in [0.15, 0.2) is 12.1 Å². The van der Waals surface area contributed by atoms with E-state index in [1.807, 2.05) is 0 Å². The Balaban J connectivity index is 2.22. The number of Topliss-reactive ketones (excluding diaryl/α,β-unsaturated/α-hetero) is 1. The van der Waals surface area contributed by atoms with E-state index in [1.54, 1.807) is 0 Å². The fraction of sp³-hybridized carbons (Fsp3) is 0.562. The van der Waals surface area contributed by atoms with E-state index < -0.39 is 10.7 Å². The van der Waals surface area contributed by atoms with E-state index >= 15 is 0 Å². The molecule has 138 valence electrons. The Labute approximate surface area is 144 Å². The van der Waals surface area contributed by atoms with Crippen molar-refractivity contribution < 1.29 is 33.4 Å². The number of benzene rings is 1. The van der Waals surface area contributed by atoms with E-state index in [0.29, 0.717) is 39.6 Å². The molecule has 25 heavy (non-hydrogen) atoms. The van der Waals surface area contributed by atoms with E-state index in [9.17, 15) is 14.9 Å². The summed E-state index contributed by atoms with van der Waals surface area (Å²) >= 11 is 0. The quantitative estimate of drug-likeness (QED) is 0.447. The highest BCUT2D eigenvalue weighted by Gasteiger charge is 2.23. The summed E-state index contributed by atoms with van der Waals surface area (Å²) in [5.74, 6) is 0.0164. The van der Waals surface area contributed by atoms with E-state index in [4.69, 9.17) is 23.7 Å². The number of fused-ring (bicyclic) bond motifs is 1. The van der Waals surface area contributed by atoms with Crippen molar-refractivity contribution in [3.8, 4) is 11.5 Å². The maximum absolute atomic E-state index is 11.7.